The first-order valence-electron chi connectivity index (χ1n) is 5.57. The largest absolute Gasteiger partial charge is 0.331 e. The van der Waals surface area contributed by atoms with Crippen LogP contribution in [0.2, 0.25) is 0 Å². The van der Waals surface area contributed by atoms with Crippen molar-refractivity contribution in [2.45, 2.75) is 40.4 Å². The molecule has 0 amide bonds. The van der Waals surface area contributed by atoms with E-state index in [9.17, 15) is 12.6 Å². The van der Waals surface area contributed by atoms with E-state index in [1.54, 1.807) is 6.07 Å². The van der Waals surface area contributed by atoms with Crippen LogP contribution in [0.4, 0.5) is 0 Å². The van der Waals surface area contributed by atoms with Crippen molar-refractivity contribution < 1.29 is 12.6 Å². The Hall–Kier alpha value is -0.280. The van der Waals surface area contributed by atoms with Crippen molar-refractivity contribution in [3.63, 3.8) is 0 Å². The van der Waals surface area contributed by atoms with Crippen LogP contribution < -0.4 is 10.9 Å². The fraction of sp³-hybridized carbons (Fsp3) is 0.600. The van der Waals surface area contributed by atoms with E-state index in [2.05, 4.69) is 0 Å². The van der Waals surface area contributed by atoms with Crippen LogP contribution in [0.25, 0.3) is 0 Å². The Morgan fingerprint density at radius 1 is 1.56 bits per heavy atom. The summed E-state index contributed by atoms with van der Waals surface area (Å²) in [4.78, 5) is 0. The Labute approximate surface area is 114 Å². The number of nitrogens with two attached hydrogens (primary N) is 2. The summed E-state index contributed by atoms with van der Waals surface area (Å²) in [5, 5.41) is 5.13. The molecule has 1 aromatic rings. The lowest BCUT2D eigenvalue weighted by Crippen LogP contribution is -2.17. The maximum absolute atomic E-state index is 11.8. The molecular formula is C10H18N2O3S3. The summed E-state index contributed by atoms with van der Waals surface area (Å²) in [7, 11) is -4.73. The normalized spacial score (nSPS) is 22.9. The number of fused-ring (bicyclic) bond motifs is 1. The first-order chi connectivity index (χ1) is 8.31. The summed E-state index contributed by atoms with van der Waals surface area (Å²) in [6, 6.07) is 1.55. The number of thiophene rings is 1. The highest BCUT2D eigenvalue weighted by atomic mass is 32.3. The maximum Gasteiger partial charge on any atom is 0.247 e. The molecule has 104 valence electrons. The quantitative estimate of drug-likeness (QED) is 0.800. The molecule has 0 aliphatic carbocycles. The number of rotatable bonds is 1. The molecule has 4 N–H and O–H groups in total. The highest BCUT2D eigenvalue weighted by molar-refractivity contribution is 7.92. The summed E-state index contributed by atoms with van der Waals surface area (Å²) in [5.74, 6) is 0. The van der Waals surface area contributed by atoms with Gasteiger partial charge in [-0.05, 0) is 31.0 Å². The highest BCUT2D eigenvalue weighted by Crippen LogP contribution is 2.35. The second-order valence-electron chi connectivity index (χ2n) is 3.98. The molecule has 1 aliphatic rings. The van der Waals surface area contributed by atoms with Gasteiger partial charge in [0.15, 0.2) is 0 Å². The summed E-state index contributed by atoms with van der Waals surface area (Å²) in [6.45, 7) is 4.56. The van der Waals surface area contributed by atoms with Gasteiger partial charge in [0, 0.05) is 5.25 Å². The van der Waals surface area contributed by atoms with Gasteiger partial charge >= 0.3 is 0 Å². The molecule has 0 aromatic carbocycles. The van der Waals surface area contributed by atoms with Crippen molar-refractivity contribution in [1.29, 1.82) is 0 Å². The number of aryl methyl sites for hydroxylation is 1. The molecule has 1 aliphatic heterocycles. The molecule has 2 unspecified atom stereocenters. The molecule has 0 spiro atoms. The molecule has 0 saturated heterocycles. The van der Waals surface area contributed by atoms with Gasteiger partial charge in [0.05, 0.1) is 15.0 Å². The Morgan fingerprint density at radius 3 is 2.61 bits per heavy atom. The molecule has 2 heterocycles. The minimum atomic E-state index is -3.65. The van der Waals surface area contributed by atoms with E-state index in [4.69, 9.17) is 10.9 Å². The number of sulfonamides is 1. The Bertz CT molecular complexity index is 537. The van der Waals surface area contributed by atoms with Crippen LogP contribution in [0.15, 0.2) is 14.5 Å². The predicted molar refractivity (Wildman–Crippen MR) is 74.6 cm³/mol. The monoisotopic (exact) mass is 310 g/mol. The third-order valence-electron chi connectivity index (χ3n) is 2.40. The second-order valence-corrected chi connectivity index (χ2v) is 8.88. The van der Waals surface area contributed by atoms with E-state index in [0.717, 1.165) is 36.3 Å². The van der Waals surface area contributed by atoms with Crippen LogP contribution in [-0.4, -0.2) is 24.4 Å². The third kappa shape index (κ3) is 3.61. The van der Waals surface area contributed by atoms with Crippen molar-refractivity contribution in [3.05, 3.63) is 11.6 Å². The lowest BCUT2D eigenvalue weighted by molar-refractivity contribution is 0.599. The van der Waals surface area contributed by atoms with E-state index in [1.165, 1.54) is 0 Å². The van der Waals surface area contributed by atoms with E-state index in [-0.39, 0.29) is 9.46 Å². The third-order valence-corrected chi connectivity index (χ3v) is 7.13. The predicted octanol–water partition coefficient (Wildman–Crippen LogP) is 0.803. The molecule has 2 atom stereocenters. The average molecular weight is 310 g/mol. The fourth-order valence-corrected chi connectivity index (χ4v) is 5.58. The lowest BCUT2D eigenvalue weighted by atomic mass is 10.1. The van der Waals surface area contributed by atoms with Crippen LogP contribution in [0.5, 0.6) is 0 Å². The maximum atomic E-state index is 11.8. The Kier molecular flexibility index (Phi) is 5.47. The minimum Gasteiger partial charge on any atom is -0.331 e. The molecule has 0 fully saturated rings. The molecule has 0 saturated carbocycles. The van der Waals surface area contributed by atoms with Gasteiger partial charge in [-0.25, -0.2) is 13.6 Å². The molecule has 8 heteroatoms. The smallest absolute Gasteiger partial charge is 0.247 e. The number of hydrogen-bond donors (Lipinski definition) is 2. The van der Waals surface area contributed by atoms with Gasteiger partial charge in [0.1, 0.15) is 4.21 Å². The van der Waals surface area contributed by atoms with E-state index >= 15 is 0 Å². The summed E-state index contributed by atoms with van der Waals surface area (Å²) in [6.07, 6.45) is 1.62. The zero-order chi connectivity index (χ0) is 13.9. The van der Waals surface area contributed by atoms with Crippen molar-refractivity contribution >= 4 is 32.2 Å². The first kappa shape index (κ1) is 15.8. The zero-order valence-electron chi connectivity index (χ0n) is 10.4. The molecule has 5 nitrogen and oxygen atoms in total. The summed E-state index contributed by atoms with van der Waals surface area (Å²) < 4.78 is 34.9. The molecule has 1 aromatic heterocycles. The fourth-order valence-electron chi connectivity index (χ4n) is 1.52. The Morgan fingerprint density at radius 2 is 2.11 bits per heavy atom. The number of primary sulfonamides is 1. The van der Waals surface area contributed by atoms with Crippen LogP contribution in [-0.2, 0) is 27.2 Å². The highest BCUT2D eigenvalue weighted by Gasteiger charge is 2.27. The van der Waals surface area contributed by atoms with Gasteiger partial charge in [-0.15, -0.1) is 11.3 Å². The van der Waals surface area contributed by atoms with Crippen molar-refractivity contribution in [3.8, 4) is 0 Å². The van der Waals surface area contributed by atoms with Gasteiger partial charge in [-0.1, -0.05) is 13.8 Å². The molecule has 2 rings (SSSR count). The van der Waals surface area contributed by atoms with E-state index < -0.39 is 20.8 Å². The number of hydrogen-bond acceptors (Lipinski definition) is 5. The molecule has 18 heavy (non-hydrogen) atoms. The van der Waals surface area contributed by atoms with Gasteiger partial charge in [-0.3, -0.25) is 4.21 Å². The lowest BCUT2D eigenvalue weighted by Gasteiger charge is -2.16. The molecule has 0 bridgehead atoms. The van der Waals surface area contributed by atoms with E-state index in [0.29, 0.717) is 4.21 Å². The van der Waals surface area contributed by atoms with Crippen LogP contribution in [0, 0.1) is 0 Å². The van der Waals surface area contributed by atoms with Crippen molar-refractivity contribution in [2.24, 2.45) is 10.9 Å². The average Bonchev–Trinajstić information content (AvgIpc) is 2.69. The van der Waals surface area contributed by atoms with Crippen LogP contribution in [0.3, 0.4) is 0 Å². The van der Waals surface area contributed by atoms with Gasteiger partial charge in [0.25, 0.3) is 0 Å². The second kappa shape index (κ2) is 6.25. The molecule has 0 radical (unpaired) electrons. The first-order valence-corrected chi connectivity index (χ1v) is 9.15. The van der Waals surface area contributed by atoms with E-state index in [1.807, 2.05) is 13.8 Å². The molecular weight excluding hydrogens is 292 g/mol. The van der Waals surface area contributed by atoms with Gasteiger partial charge in [-0.2, -0.15) is 0 Å². The van der Waals surface area contributed by atoms with Crippen LogP contribution in [0.1, 0.15) is 25.8 Å². The topological polar surface area (TPSA) is 103 Å². The Balaban J connectivity index is 0.000000492. The van der Waals surface area contributed by atoms with Crippen molar-refractivity contribution in [2.75, 3.05) is 6.54 Å². The standard InChI is InChI=1S/C8H11NO3S3.C2H7N/c1-5-2-3-6-4-7(15(9,11)12)13-8(6)14(5)10;1-2-3/h4-5H,2-3H2,1H3,(H2,9,11,12);2-3H2,1H3. The summed E-state index contributed by atoms with van der Waals surface area (Å²) in [5.41, 5.74) is 5.72. The van der Waals surface area contributed by atoms with Crippen molar-refractivity contribution in [1.82, 2.24) is 0 Å². The zero-order valence-corrected chi connectivity index (χ0v) is 12.8. The minimum absolute atomic E-state index is 0.101. The van der Waals surface area contributed by atoms with Gasteiger partial charge < -0.3 is 5.73 Å². The van der Waals surface area contributed by atoms with Gasteiger partial charge in [0.2, 0.25) is 10.0 Å². The van der Waals surface area contributed by atoms with Crippen LogP contribution >= 0.6 is 11.3 Å². The summed E-state index contributed by atoms with van der Waals surface area (Å²) >= 11 is 1.04. The SMILES string of the molecule is CC1CCc2cc(S(N)(=O)=O)sc2S1=O.CCN.